The van der Waals surface area contributed by atoms with Crippen LogP contribution in [-0.4, -0.2) is 18.2 Å². The minimum Gasteiger partial charge on any atom is -0.331 e. The van der Waals surface area contributed by atoms with Crippen LogP contribution >= 0.6 is 20.0 Å². The molecule has 0 amide bonds. The molecule has 0 saturated heterocycles. The van der Waals surface area contributed by atoms with Crippen LogP contribution in [0.25, 0.3) is 0 Å². The molecule has 1 heterocycles. The van der Waals surface area contributed by atoms with Gasteiger partial charge in [0.2, 0.25) is 8.38 Å². The van der Waals surface area contributed by atoms with Crippen LogP contribution < -0.4 is 23.9 Å². The van der Waals surface area contributed by atoms with Crippen molar-refractivity contribution >= 4 is 25.3 Å². The second-order valence-electron chi connectivity index (χ2n) is 3.97. The van der Waals surface area contributed by atoms with Gasteiger partial charge in [-0.2, -0.15) is 0 Å². The van der Waals surface area contributed by atoms with Crippen LogP contribution in [0.3, 0.4) is 0 Å². The Morgan fingerprint density at radius 3 is 1.62 bits per heavy atom. The maximum absolute atomic E-state index is 8.49. The van der Waals surface area contributed by atoms with Crippen molar-refractivity contribution < 1.29 is 60.3 Å². The first-order valence-electron chi connectivity index (χ1n) is 7.06. The molecular weight excluding hydrogens is 589 g/mol. The van der Waals surface area contributed by atoms with E-state index in [0.29, 0.717) is 13.2 Å². The first-order chi connectivity index (χ1) is 11.8. The molecule has 11 heteroatoms. The van der Waals surface area contributed by atoms with Crippen molar-refractivity contribution in [3.05, 3.63) is 59.9 Å². The summed E-state index contributed by atoms with van der Waals surface area (Å²) < 4.78 is 45.0. The predicted octanol–water partition coefficient (Wildman–Crippen LogP) is -0.327. The molecule has 0 N–H and O–H groups in total. The van der Waals surface area contributed by atoms with Gasteiger partial charge in [0.1, 0.15) is 0 Å². The molecule has 2 rings (SSSR count). The van der Waals surface area contributed by atoms with E-state index in [1.165, 1.54) is 0 Å². The Morgan fingerprint density at radius 1 is 0.923 bits per heavy atom. The maximum Gasteiger partial charge on any atom is 1.00 e. The van der Waals surface area contributed by atoms with E-state index in [2.05, 4.69) is 4.98 Å². The van der Waals surface area contributed by atoms with Gasteiger partial charge in [0.25, 0.3) is 0 Å². The van der Waals surface area contributed by atoms with Gasteiger partial charge in [-0.05, 0) is 50.2 Å². The van der Waals surface area contributed by atoms with Gasteiger partial charge in [0, 0.05) is 22.7 Å². The van der Waals surface area contributed by atoms with Crippen LogP contribution in [0.4, 0.5) is 0 Å². The fourth-order valence-electron chi connectivity index (χ4n) is 1.30. The van der Waals surface area contributed by atoms with Gasteiger partial charge in [-0.3, -0.25) is 4.98 Å². The van der Waals surface area contributed by atoms with Crippen molar-refractivity contribution in [2.75, 3.05) is 13.2 Å². The summed E-state index contributed by atoms with van der Waals surface area (Å²) in [4.78, 5) is 3.78. The third-order valence-corrected chi connectivity index (χ3v) is 4.05. The predicted molar refractivity (Wildman–Crippen MR) is 85.5 cm³/mol. The van der Waals surface area contributed by atoms with Crippen molar-refractivity contribution in [2.24, 2.45) is 0 Å². The Kier molecular flexibility index (Phi) is 18.4. The van der Waals surface area contributed by atoms with Crippen LogP contribution in [-0.2, 0) is 31.4 Å². The summed E-state index contributed by atoms with van der Waals surface area (Å²) in [7, 11) is -5.87. The van der Waals surface area contributed by atoms with Crippen molar-refractivity contribution in [3.8, 4) is 0 Å². The topological polar surface area (TPSA) is 124 Å². The first kappa shape index (κ1) is 28.1. The molecule has 1 aromatic heterocycles. The summed E-state index contributed by atoms with van der Waals surface area (Å²) >= 11 is 5.80. The van der Waals surface area contributed by atoms with E-state index >= 15 is 0 Å². The van der Waals surface area contributed by atoms with Gasteiger partial charge in [0.05, 0.1) is 13.2 Å². The molecule has 1 aromatic carbocycles. The average molecular weight is 608 g/mol. The first-order valence-corrected chi connectivity index (χ1v) is 9.85. The summed E-state index contributed by atoms with van der Waals surface area (Å²) in [5.41, 5.74) is 0. The molecule has 0 saturated carbocycles. The number of hydrogen-bond acceptors (Lipinski definition) is 7. The summed E-state index contributed by atoms with van der Waals surface area (Å²) in [5, 5.41) is 1.80. The Labute approximate surface area is 177 Å². The number of pyridine rings is 1. The van der Waals surface area contributed by atoms with Crippen molar-refractivity contribution in [3.63, 3.8) is 0 Å². The smallest absolute Gasteiger partial charge is 0.331 e. The maximum atomic E-state index is 8.49. The van der Waals surface area contributed by atoms with Crippen molar-refractivity contribution in [2.45, 2.75) is 13.8 Å². The number of benzene rings is 1. The van der Waals surface area contributed by atoms with Crippen LogP contribution in [0.5, 0.6) is 0 Å². The number of hydrogen-bond donors (Lipinski definition) is 0. The largest absolute Gasteiger partial charge is 1.00 e. The van der Waals surface area contributed by atoms with Crippen molar-refractivity contribution in [1.82, 2.24) is 4.98 Å². The van der Waals surface area contributed by atoms with Gasteiger partial charge >= 0.3 is 22.4 Å². The minimum absolute atomic E-state index is 0. The van der Waals surface area contributed by atoms with Gasteiger partial charge in [-0.25, -0.2) is 18.6 Å². The molecule has 150 valence electrons. The van der Waals surface area contributed by atoms with E-state index in [9.17, 15) is 0 Å². The number of rotatable bonds is 5. The summed E-state index contributed by atoms with van der Waals surface area (Å²) in [6.07, 6.45) is 3.50. The fraction of sp³-hybridized carbons (Fsp3) is 0.267. The van der Waals surface area contributed by atoms with Gasteiger partial charge in [0.15, 0.2) is 0 Å². The molecule has 26 heavy (non-hydrogen) atoms. The van der Waals surface area contributed by atoms with Gasteiger partial charge in [-0.15, -0.1) is 10.2 Å². The monoisotopic (exact) mass is 607 g/mol. The number of aromatic nitrogens is 1. The average Bonchev–Trinajstić information content (AvgIpc) is 2.56. The van der Waals surface area contributed by atoms with E-state index in [1.54, 1.807) is 12.4 Å². The van der Waals surface area contributed by atoms with Gasteiger partial charge in [-0.1, -0.05) is 17.7 Å². The van der Waals surface area contributed by atoms with E-state index < -0.39 is 18.6 Å². The third kappa shape index (κ3) is 18.7. The van der Waals surface area contributed by atoms with Crippen LogP contribution in [0.15, 0.2) is 54.9 Å². The minimum atomic E-state index is -4.94. The molecule has 0 atom stereocenters. The van der Waals surface area contributed by atoms with Crippen LogP contribution in [0.1, 0.15) is 13.8 Å². The number of halogens is 2. The molecule has 0 fully saturated rings. The molecule has 0 aliphatic rings. The standard InChI is InChI=1S/C10H14ClO2P.C5H5N.Au.ClHO4/c1-3-12-14(13-4-2)10-7-5-9(11)6-8-10;1-2-4-6-5-3-1;;2-1(3,4)5/h5-8H,3-4H2,1-2H3;1-5H;;(H,2,3,4,5)/q;;+1;/p-1. The van der Waals surface area contributed by atoms with E-state index in [-0.39, 0.29) is 22.4 Å². The molecule has 7 nitrogen and oxygen atoms in total. The van der Waals surface area contributed by atoms with Crippen molar-refractivity contribution in [1.29, 1.82) is 0 Å². The van der Waals surface area contributed by atoms with Crippen LogP contribution in [0.2, 0.25) is 5.02 Å². The molecular formula is C15H19AuCl2NO6P. The number of nitrogens with zero attached hydrogens (tertiary/aromatic N) is 1. The third-order valence-electron chi connectivity index (χ3n) is 2.10. The quantitative estimate of drug-likeness (QED) is 0.337. The molecule has 0 aliphatic heterocycles. The Bertz CT molecular complexity index is 509. The second kappa shape index (κ2) is 17.0. The molecule has 0 spiro atoms. The molecule has 0 bridgehead atoms. The SMILES string of the molecule is CCOP(OCC)c1ccc(Cl)cc1.[Au+].[O-][Cl+3]([O-])([O-])[O-].c1ccncc1. The Morgan fingerprint density at radius 2 is 1.35 bits per heavy atom. The van der Waals surface area contributed by atoms with E-state index in [1.807, 2.05) is 56.3 Å². The summed E-state index contributed by atoms with van der Waals surface area (Å²) in [6, 6.07) is 13.3. The van der Waals surface area contributed by atoms with Gasteiger partial charge < -0.3 is 9.05 Å². The molecule has 0 aliphatic carbocycles. The van der Waals surface area contributed by atoms with Crippen LogP contribution in [0, 0.1) is 10.2 Å². The van der Waals surface area contributed by atoms with E-state index in [4.69, 9.17) is 39.3 Å². The Balaban J connectivity index is 0. The second-order valence-corrected chi connectivity index (χ2v) is 6.71. The fourth-order valence-corrected chi connectivity index (χ4v) is 2.66. The van der Waals surface area contributed by atoms with E-state index in [0.717, 1.165) is 10.3 Å². The zero-order chi connectivity index (χ0) is 19.1. The normalized spacial score (nSPS) is 10.0. The molecule has 0 radical (unpaired) electrons. The summed E-state index contributed by atoms with van der Waals surface area (Å²) in [5.74, 6) is 0. The zero-order valence-corrected chi connectivity index (χ0v) is 18.6. The molecule has 0 unspecified atom stereocenters. The molecule has 2 aromatic rings. The zero-order valence-electron chi connectivity index (χ0n) is 14.0. The summed E-state index contributed by atoms with van der Waals surface area (Å²) in [6.45, 7) is 5.25. The Hall–Kier alpha value is -0.120.